The fourth-order valence-corrected chi connectivity index (χ4v) is 16.8. The molecule has 0 aliphatic carbocycles. The highest BCUT2D eigenvalue weighted by Gasteiger charge is 2.47. The van der Waals surface area contributed by atoms with Crippen molar-refractivity contribution in [3.8, 4) is 0 Å². The van der Waals surface area contributed by atoms with Gasteiger partial charge in [-0.05, 0) is 64.0 Å². The first-order valence-corrected chi connectivity index (χ1v) is 17.6. The van der Waals surface area contributed by atoms with Crippen LogP contribution >= 0.6 is 15.2 Å². The van der Waals surface area contributed by atoms with Gasteiger partial charge in [-0.15, -0.1) is 0 Å². The van der Waals surface area contributed by atoms with Gasteiger partial charge in [0.2, 0.25) is 0 Å². The average molecular weight is 603 g/mol. The third-order valence-corrected chi connectivity index (χ3v) is 14.9. The van der Waals surface area contributed by atoms with E-state index in [0.29, 0.717) is 15.5 Å². The summed E-state index contributed by atoms with van der Waals surface area (Å²) < 4.78 is 0. The lowest BCUT2D eigenvalue weighted by Gasteiger charge is -2.49. The molecule has 0 saturated heterocycles. The van der Waals surface area contributed by atoms with Crippen molar-refractivity contribution in [1.82, 2.24) is 0 Å². The van der Waals surface area contributed by atoms with Gasteiger partial charge in [0.1, 0.15) is 28.5 Å². The van der Waals surface area contributed by atoms with Crippen LogP contribution in [0.4, 0.5) is 0 Å². The normalized spacial score (nSPS) is 12.0. The molecule has 0 bridgehead atoms. The summed E-state index contributed by atoms with van der Waals surface area (Å²) in [6.45, 7) is 21.5. The maximum Gasteiger partial charge on any atom is 0.339 e. The van der Waals surface area contributed by atoms with E-state index in [-0.39, 0.29) is 7.92 Å². The largest absolute Gasteiger partial charge is 0.832 e. The molecule has 0 spiro atoms. The van der Waals surface area contributed by atoms with Crippen molar-refractivity contribution in [2.75, 3.05) is 0 Å². The van der Waals surface area contributed by atoms with Crippen molar-refractivity contribution < 1.29 is 15.1 Å². The maximum atomic E-state index is 8.64. The van der Waals surface area contributed by atoms with Crippen LogP contribution in [0.25, 0.3) is 0 Å². The summed E-state index contributed by atoms with van der Waals surface area (Å²) in [7, 11) is -4.31. The standard InChI is InChI=1S/C24H20P.C12H27P.BH2O3/c1-5-13-21(14-6-1)25(22-15-7-2-8-16-22,23-17-9-3-10-18-23)24-19-11-4-12-20-24;1-10(2,3)13(11(4,5)6)12(7,8)9;2-1(3)4/h1-20H;1-9H3;2-3H/q+1;;-1. The SMILES string of the molecule is CC(C)(C)P(C(C)(C)C)C(C)(C)C.[O-]B(O)O.c1ccc([P+](c2ccccc2)(c2ccccc2)c2ccccc2)cc1. The highest BCUT2D eigenvalue weighted by Crippen LogP contribution is 2.67. The number of rotatable bonds is 4. The average Bonchev–Trinajstić information content (AvgIpc) is 2.89. The summed E-state index contributed by atoms with van der Waals surface area (Å²) >= 11 is 0. The molecular weight excluding hydrogens is 553 g/mol. The van der Waals surface area contributed by atoms with Gasteiger partial charge in [0.05, 0.1) is 0 Å². The van der Waals surface area contributed by atoms with E-state index in [2.05, 4.69) is 184 Å². The summed E-state index contributed by atoms with van der Waals surface area (Å²) in [4.78, 5) is 0. The molecule has 0 heterocycles. The molecule has 0 fully saturated rings. The van der Waals surface area contributed by atoms with E-state index in [1.165, 1.54) is 21.2 Å². The van der Waals surface area contributed by atoms with E-state index in [4.69, 9.17) is 15.1 Å². The van der Waals surface area contributed by atoms with Gasteiger partial charge in [0, 0.05) is 0 Å². The van der Waals surface area contributed by atoms with Crippen LogP contribution in [0.3, 0.4) is 0 Å². The van der Waals surface area contributed by atoms with E-state index in [1.807, 2.05) is 0 Å². The smallest absolute Gasteiger partial charge is 0.339 e. The van der Waals surface area contributed by atoms with Crippen molar-refractivity contribution in [1.29, 1.82) is 0 Å². The minimum absolute atomic E-state index is 0.0162. The van der Waals surface area contributed by atoms with Crippen LogP contribution in [-0.2, 0) is 0 Å². The lowest BCUT2D eigenvalue weighted by Crippen LogP contribution is -2.38. The highest BCUT2D eigenvalue weighted by molar-refractivity contribution is 8.01. The molecule has 2 N–H and O–H groups in total. The maximum absolute atomic E-state index is 8.64. The Morgan fingerprint density at radius 2 is 0.619 bits per heavy atom. The molecule has 4 aromatic carbocycles. The van der Waals surface area contributed by atoms with Crippen LogP contribution < -0.4 is 26.2 Å². The third-order valence-electron chi connectivity index (χ3n) is 6.59. The molecule has 0 saturated carbocycles. The van der Waals surface area contributed by atoms with Crippen LogP contribution in [0.15, 0.2) is 121 Å². The lowest BCUT2D eigenvalue weighted by atomic mass is 10.2. The fourth-order valence-electron chi connectivity index (χ4n) is 6.52. The molecule has 0 amide bonds. The number of hydrogen-bond acceptors (Lipinski definition) is 3. The Bertz CT molecular complexity index is 1100. The van der Waals surface area contributed by atoms with Crippen LogP contribution in [0.2, 0.25) is 0 Å². The topological polar surface area (TPSA) is 63.5 Å². The van der Waals surface area contributed by atoms with Crippen LogP contribution in [-0.4, -0.2) is 32.8 Å². The minimum Gasteiger partial charge on any atom is -0.832 e. The van der Waals surface area contributed by atoms with Gasteiger partial charge in [-0.2, -0.15) is 0 Å². The van der Waals surface area contributed by atoms with Crippen LogP contribution in [0.5, 0.6) is 0 Å². The van der Waals surface area contributed by atoms with Crippen molar-refractivity contribution >= 4 is 43.7 Å². The summed E-state index contributed by atoms with van der Waals surface area (Å²) in [6, 6.07) is 43.8. The van der Waals surface area contributed by atoms with E-state index in [9.17, 15) is 0 Å². The molecule has 0 aliphatic heterocycles. The molecule has 0 radical (unpaired) electrons. The lowest BCUT2D eigenvalue weighted by molar-refractivity contribution is -0.242. The molecule has 4 aromatic rings. The molecular formula is C36H49BO3P2. The Kier molecular flexibility index (Phi) is 13.2. The van der Waals surface area contributed by atoms with Gasteiger partial charge in [0.25, 0.3) is 0 Å². The van der Waals surface area contributed by atoms with Crippen LogP contribution in [0, 0.1) is 0 Å². The second-order valence-corrected chi connectivity index (χ2v) is 21.3. The highest BCUT2D eigenvalue weighted by atomic mass is 31.2. The first-order chi connectivity index (χ1) is 19.5. The molecule has 0 aromatic heterocycles. The molecule has 4 rings (SSSR count). The summed E-state index contributed by atoms with van der Waals surface area (Å²) in [5.41, 5.74) is 0. The van der Waals surface area contributed by atoms with Gasteiger partial charge >= 0.3 is 7.32 Å². The molecule has 0 atom stereocenters. The first-order valence-electron chi connectivity index (χ1n) is 14.5. The van der Waals surface area contributed by atoms with E-state index < -0.39 is 14.6 Å². The van der Waals surface area contributed by atoms with E-state index >= 15 is 0 Å². The molecule has 0 aliphatic rings. The van der Waals surface area contributed by atoms with E-state index in [0.717, 1.165) is 0 Å². The Balaban J connectivity index is 0.000000307. The molecule has 42 heavy (non-hydrogen) atoms. The number of hydrogen-bond donors (Lipinski definition) is 2. The second-order valence-electron chi connectivity index (χ2n) is 13.2. The zero-order valence-corrected chi connectivity index (χ0v) is 28.6. The van der Waals surface area contributed by atoms with Crippen molar-refractivity contribution in [3.63, 3.8) is 0 Å². The van der Waals surface area contributed by atoms with Gasteiger partial charge in [0.15, 0.2) is 0 Å². The second kappa shape index (κ2) is 15.4. The van der Waals surface area contributed by atoms with Crippen LogP contribution in [0.1, 0.15) is 62.3 Å². The summed E-state index contributed by atoms with van der Waals surface area (Å²) in [5, 5.41) is 29.7. The third kappa shape index (κ3) is 9.87. The van der Waals surface area contributed by atoms with Gasteiger partial charge < -0.3 is 15.1 Å². The van der Waals surface area contributed by atoms with E-state index in [1.54, 1.807) is 0 Å². The fraction of sp³-hybridized carbons (Fsp3) is 0.333. The predicted octanol–water partition coefficient (Wildman–Crippen LogP) is 6.49. The molecule has 6 heteroatoms. The monoisotopic (exact) mass is 602 g/mol. The zero-order chi connectivity index (χ0) is 31.6. The minimum atomic E-state index is -2.42. The predicted molar refractivity (Wildman–Crippen MR) is 188 cm³/mol. The van der Waals surface area contributed by atoms with Gasteiger partial charge in [-0.25, -0.2) is 0 Å². The summed E-state index contributed by atoms with van der Waals surface area (Å²) in [6.07, 6.45) is 0. The van der Waals surface area contributed by atoms with Crippen molar-refractivity contribution in [2.45, 2.75) is 77.8 Å². The van der Waals surface area contributed by atoms with Crippen molar-refractivity contribution in [3.05, 3.63) is 121 Å². The Labute approximate surface area is 257 Å². The zero-order valence-electron chi connectivity index (χ0n) is 26.8. The Morgan fingerprint density at radius 3 is 0.738 bits per heavy atom. The molecule has 0 unspecified atom stereocenters. The molecule has 224 valence electrons. The first kappa shape index (κ1) is 35.9. The Morgan fingerprint density at radius 1 is 0.452 bits per heavy atom. The quantitative estimate of drug-likeness (QED) is 0.208. The van der Waals surface area contributed by atoms with Crippen molar-refractivity contribution in [2.24, 2.45) is 0 Å². The Hall–Kier alpha value is -2.32. The van der Waals surface area contributed by atoms with Gasteiger partial charge in [-0.1, -0.05) is 143 Å². The summed E-state index contributed by atoms with van der Waals surface area (Å²) in [5.74, 6) is 0. The molecule has 3 nitrogen and oxygen atoms in total. The number of benzene rings is 4. The van der Waals surface area contributed by atoms with Gasteiger partial charge in [-0.3, -0.25) is 0 Å².